The van der Waals surface area contributed by atoms with E-state index in [4.69, 9.17) is 13.7 Å². The molecule has 29 heavy (non-hydrogen) atoms. The van der Waals surface area contributed by atoms with Gasteiger partial charge in [0.1, 0.15) is 5.60 Å². The third-order valence-corrected chi connectivity index (χ3v) is 7.80. The quantitative estimate of drug-likeness (QED) is 0.670. The summed E-state index contributed by atoms with van der Waals surface area (Å²) in [6.45, 7) is 2.64. The second kappa shape index (κ2) is 7.27. The standard InChI is InChI=1S/C21H25NO5S2/c1-29(23,24)27-21(13-22-10-8-15(12-22)19-5-3-11-28-19)9-2-4-16-17(21)6-7-18-20(16)26-14-25-18/h3,5-7,11,15H,2,4,8-10,12-14H2,1H3. The number of ether oxygens (including phenoxy) is 2. The summed E-state index contributed by atoms with van der Waals surface area (Å²) in [5, 5.41) is 2.12. The molecule has 6 nitrogen and oxygen atoms in total. The number of benzene rings is 1. The Morgan fingerprint density at radius 1 is 1.31 bits per heavy atom. The minimum Gasteiger partial charge on any atom is -0.454 e. The number of thiophene rings is 1. The van der Waals surface area contributed by atoms with Gasteiger partial charge in [-0.15, -0.1) is 11.3 Å². The van der Waals surface area contributed by atoms with Crippen molar-refractivity contribution >= 4 is 21.5 Å². The van der Waals surface area contributed by atoms with Crippen molar-refractivity contribution in [1.29, 1.82) is 0 Å². The first-order chi connectivity index (χ1) is 13.9. The van der Waals surface area contributed by atoms with Crippen molar-refractivity contribution in [1.82, 2.24) is 4.90 Å². The van der Waals surface area contributed by atoms with E-state index in [0.29, 0.717) is 18.9 Å². The number of likely N-dealkylation sites (tertiary alicyclic amines) is 1. The summed E-state index contributed by atoms with van der Waals surface area (Å²) < 4.78 is 41.7. The van der Waals surface area contributed by atoms with Gasteiger partial charge in [0.25, 0.3) is 10.1 Å². The molecule has 0 bridgehead atoms. The molecule has 8 heteroatoms. The molecule has 2 atom stereocenters. The summed E-state index contributed by atoms with van der Waals surface area (Å²) in [6, 6.07) is 8.14. The maximum absolute atomic E-state index is 12.3. The largest absolute Gasteiger partial charge is 0.454 e. The summed E-state index contributed by atoms with van der Waals surface area (Å²) in [6.07, 6.45) is 4.60. The molecular weight excluding hydrogens is 410 g/mol. The van der Waals surface area contributed by atoms with Crippen molar-refractivity contribution in [2.24, 2.45) is 0 Å². The smallest absolute Gasteiger partial charge is 0.265 e. The lowest BCUT2D eigenvalue weighted by Crippen LogP contribution is -2.45. The van der Waals surface area contributed by atoms with Gasteiger partial charge >= 0.3 is 0 Å². The maximum Gasteiger partial charge on any atom is 0.265 e. The van der Waals surface area contributed by atoms with E-state index in [-0.39, 0.29) is 6.79 Å². The van der Waals surface area contributed by atoms with Crippen molar-refractivity contribution < 1.29 is 22.1 Å². The first kappa shape index (κ1) is 19.4. The Kier molecular flexibility index (Phi) is 4.85. The first-order valence-corrected chi connectivity index (χ1v) is 12.7. The van der Waals surface area contributed by atoms with E-state index in [1.54, 1.807) is 11.3 Å². The lowest BCUT2D eigenvalue weighted by Gasteiger charge is -2.40. The van der Waals surface area contributed by atoms with Crippen LogP contribution in [0.25, 0.3) is 0 Å². The van der Waals surface area contributed by atoms with Crippen molar-refractivity contribution in [3.8, 4) is 11.5 Å². The predicted molar refractivity (Wildman–Crippen MR) is 111 cm³/mol. The molecule has 5 rings (SSSR count). The molecule has 156 valence electrons. The summed E-state index contributed by atoms with van der Waals surface area (Å²) in [5.74, 6) is 1.99. The molecule has 0 saturated carbocycles. The van der Waals surface area contributed by atoms with Crippen molar-refractivity contribution in [2.75, 3.05) is 32.7 Å². The van der Waals surface area contributed by atoms with E-state index >= 15 is 0 Å². The van der Waals surface area contributed by atoms with E-state index < -0.39 is 15.7 Å². The van der Waals surface area contributed by atoms with Gasteiger partial charge in [0.2, 0.25) is 6.79 Å². The van der Waals surface area contributed by atoms with Gasteiger partial charge in [-0.05, 0) is 55.3 Å². The minimum absolute atomic E-state index is 0.209. The number of hydrogen-bond donors (Lipinski definition) is 0. The fraction of sp³-hybridized carbons (Fsp3) is 0.524. The molecular formula is C21H25NO5S2. The number of hydrogen-bond acceptors (Lipinski definition) is 7. The third-order valence-electron chi connectivity index (χ3n) is 6.15. The van der Waals surface area contributed by atoms with Gasteiger partial charge in [-0.1, -0.05) is 12.1 Å². The Morgan fingerprint density at radius 3 is 3.00 bits per heavy atom. The fourth-order valence-electron chi connectivity index (χ4n) is 5.05. The highest BCUT2D eigenvalue weighted by atomic mass is 32.2. The van der Waals surface area contributed by atoms with E-state index in [1.807, 2.05) is 12.1 Å². The molecule has 2 aromatic rings. The van der Waals surface area contributed by atoms with Gasteiger partial charge in [-0.25, -0.2) is 0 Å². The topological polar surface area (TPSA) is 65.1 Å². The fourth-order valence-corrected chi connectivity index (χ4v) is 6.71. The zero-order chi connectivity index (χ0) is 20.1. The molecule has 1 aromatic carbocycles. The molecule has 1 fully saturated rings. The Hall–Kier alpha value is -1.61. The van der Waals surface area contributed by atoms with Crippen LogP contribution in [0, 0.1) is 0 Å². The van der Waals surface area contributed by atoms with Gasteiger partial charge < -0.3 is 9.47 Å². The van der Waals surface area contributed by atoms with E-state index in [1.165, 1.54) is 4.88 Å². The van der Waals surface area contributed by atoms with Crippen LogP contribution in [0.15, 0.2) is 29.6 Å². The van der Waals surface area contributed by atoms with Gasteiger partial charge in [0.05, 0.1) is 6.26 Å². The Bertz CT molecular complexity index is 1000. The first-order valence-electron chi connectivity index (χ1n) is 10.0. The molecule has 3 aliphatic rings. The SMILES string of the molecule is CS(=O)(=O)OC1(CN2CCC(c3cccs3)C2)CCCc2c1ccc1c2OCO1. The number of rotatable bonds is 5. The van der Waals surface area contributed by atoms with Crippen molar-refractivity contribution in [2.45, 2.75) is 37.2 Å². The predicted octanol–water partition coefficient (Wildman–Crippen LogP) is 3.47. The van der Waals surface area contributed by atoms with Crippen LogP contribution in [0.4, 0.5) is 0 Å². The van der Waals surface area contributed by atoms with Crippen LogP contribution in [0.3, 0.4) is 0 Å². The van der Waals surface area contributed by atoms with Crippen LogP contribution in [0.5, 0.6) is 11.5 Å². The van der Waals surface area contributed by atoms with E-state index in [2.05, 4.69) is 22.4 Å². The Morgan fingerprint density at radius 2 is 2.21 bits per heavy atom. The second-order valence-electron chi connectivity index (χ2n) is 8.20. The highest BCUT2D eigenvalue weighted by Crippen LogP contribution is 2.48. The van der Waals surface area contributed by atoms with Crippen LogP contribution >= 0.6 is 11.3 Å². The average molecular weight is 436 g/mol. The lowest BCUT2D eigenvalue weighted by molar-refractivity contribution is 0.0212. The number of nitrogens with zero attached hydrogens (tertiary/aromatic N) is 1. The van der Waals surface area contributed by atoms with Gasteiger partial charge in [0, 0.05) is 29.4 Å². The van der Waals surface area contributed by atoms with Gasteiger partial charge in [-0.2, -0.15) is 8.42 Å². The van der Waals surface area contributed by atoms with Gasteiger partial charge in [0.15, 0.2) is 11.5 Å². The Labute approximate surface area is 175 Å². The second-order valence-corrected chi connectivity index (χ2v) is 10.8. The van der Waals surface area contributed by atoms with Crippen LogP contribution in [0.1, 0.15) is 41.2 Å². The highest BCUT2D eigenvalue weighted by molar-refractivity contribution is 7.86. The molecule has 1 aromatic heterocycles. The van der Waals surface area contributed by atoms with E-state index in [9.17, 15) is 8.42 Å². The van der Waals surface area contributed by atoms with Crippen LogP contribution in [-0.4, -0.2) is 46.0 Å². The normalized spacial score (nSPS) is 26.6. The van der Waals surface area contributed by atoms with Crippen molar-refractivity contribution in [3.05, 3.63) is 45.6 Å². The minimum atomic E-state index is -3.63. The highest BCUT2D eigenvalue weighted by Gasteiger charge is 2.45. The summed E-state index contributed by atoms with van der Waals surface area (Å²) in [7, 11) is -3.63. The van der Waals surface area contributed by atoms with Crippen molar-refractivity contribution in [3.63, 3.8) is 0 Å². The molecule has 2 unspecified atom stereocenters. The summed E-state index contributed by atoms with van der Waals surface area (Å²) in [5.41, 5.74) is 1.08. The zero-order valence-corrected chi connectivity index (χ0v) is 18.1. The summed E-state index contributed by atoms with van der Waals surface area (Å²) in [4.78, 5) is 3.76. The van der Waals surface area contributed by atoms with Gasteiger partial charge in [-0.3, -0.25) is 9.08 Å². The lowest BCUT2D eigenvalue weighted by atomic mass is 9.78. The molecule has 1 aliphatic carbocycles. The molecule has 0 N–H and O–H groups in total. The zero-order valence-electron chi connectivity index (χ0n) is 16.4. The van der Waals surface area contributed by atoms with Crippen LogP contribution < -0.4 is 9.47 Å². The number of fused-ring (bicyclic) bond motifs is 3. The van der Waals surface area contributed by atoms with Crippen LogP contribution in [0.2, 0.25) is 0 Å². The summed E-state index contributed by atoms with van der Waals surface area (Å²) >= 11 is 1.80. The molecule has 0 radical (unpaired) electrons. The third kappa shape index (κ3) is 3.67. The maximum atomic E-state index is 12.3. The molecule has 2 aliphatic heterocycles. The Balaban J connectivity index is 1.49. The van der Waals surface area contributed by atoms with E-state index in [0.717, 1.165) is 61.2 Å². The molecule has 3 heterocycles. The average Bonchev–Trinajstić information content (AvgIpc) is 3.41. The molecule has 0 amide bonds. The monoisotopic (exact) mass is 435 g/mol. The molecule has 1 saturated heterocycles. The van der Waals surface area contributed by atoms with Crippen LogP contribution in [-0.2, 0) is 26.3 Å². The molecule has 0 spiro atoms.